The van der Waals surface area contributed by atoms with Gasteiger partial charge in [-0.1, -0.05) is 42.5 Å². The Morgan fingerprint density at radius 3 is 2.17 bits per heavy atom. The number of amides is 1. The fourth-order valence-corrected chi connectivity index (χ4v) is 3.12. The third kappa shape index (κ3) is 5.88. The molecule has 2 N–H and O–H groups in total. The van der Waals surface area contributed by atoms with Crippen molar-refractivity contribution in [1.29, 1.82) is 0 Å². The largest absolute Gasteiger partial charge is 0.369 e. The molecule has 0 bridgehead atoms. The zero-order valence-corrected chi connectivity index (χ0v) is 16.4. The van der Waals surface area contributed by atoms with Gasteiger partial charge in [0.1, 0.15) is 0 Å². The number of ketones is 1. The summed E-state index contributed by atoms with van der Waals surface area (Å²) in [4.78, 5) is 28.2. The van der Waals surface area contributed by atoms with E-state index in [9.17, 15) is 9.59 Å². The quantitative estimate of drug-likeness (QED) is 0.343. The van der Waals surface area contributed by atoms with E-state index in [2.05, 4.69) is 22.9 Å². The van der Waals surface area contributed by atoms with Gasteiger partial charge in [-0.2, -0.15) is 0 Å². The summed E-state index contributed by atoms with van der Waals surface area (Å²) in [5, 5.41) is 8.48. The van der Waals surface area contributed by atoms with E-state index >= 15 is 0 Å². The van der Waals surface area contributed by atoms with E-state index in [1.54, 1.807) is 23.7 Å². The summed E-state index contributed by atoms with van der Waals surface area (Å²) in [5.41, 5.74) is 5.00. The number of anilines is 1. The maximum absolute atomic E-state index is 12.6. The molecular weight excluding hydrogens is 366 g/mol. The molecular formula is C23H25N3O3. The van der Waals surface area contributed by atoms with Crippen LogP contribution in [-0.2, 0) is 4.79 Å². The van der Waals surface area contributed by atoms with Crippen LogP contribution in [0.1, 0.15) is 21.5 Å². The van der Waals surface area contributed by atoms with Crippen LogP contribution in [0.2, 0.25) is 0 Å². The highest BCUT2D eigenvalue weighted by molar-refractivity contribution is 6.07. The second kappa shape index (κ2) is 9.82. The van der Waals surface area contributed by atoms with Crippen LogP contribution in [0.5, 0.6) is 0 Å². The van der Waals surface area contributed by atoms with Crippen LogP contribution in [0.25, 0.3) is 12.2 Å². The van der Waals surface area contributed by atoms with E-state index in [1.807, 2.05) is 42.5 Å². The average molecular weight is 391 g/mol. The van der Waals surface area contributed by atoms with E-state index in [1.165, 1.54) is 6.08 Å². The van der Waals surface area contributed by atoms with Crippen LogP contribution in [0.4, 0.5) is 5.69 Å². The van der Waals surface area contributed by atoms with Crippen molar-refractivity contribution in [2.24, 2.45) is 0 Å². The van der Waals surface area contributed by atoms with E-state index in [0.717, 1.165) is 43.0 Å². The van der Waals surface area contributed by atoms with Crippen molar-refractivity contribution in [1.82, 2.24) is 10.4 Å². The number of nitrogens with zero attached hydrogens (tertiary/aromatic N) is 2. The summed E-state index contributed by atoms with van der Waals surface area (Å²) >= 11 is 0. The standard InChI is InChI=1S/C23H25N3O3/c1-25-13-15-26(16-14-25)21-4-2-3-20(17-21)22(27)11-9-18-5-7-19(8-6-18)10-12-23(28)24-29/h2-12,17,29H,13-16H2,1H3,(H,24,28)/b11-9+,12-10+. The van der Waals surface area contributed by atoms with Gasteiger partial charge in [0, 0.05) is 43.5 Å². The lowest BCUT2D eigenvalue weighted by atomic mass is 10.1. The lowest BCUT2D eigenvalue weighted by molar-refractivity contribution is -0.124. The molecule has 0 saturated carbocycles. The van der Waals surface area contributed by atoms with Crippen molar-refractivity contribution in [3.8, 4) is 0 Å². The molecule has 1 amide bonds. The van der Waals surface area contributed by atoms with Crippen molar-refractivity contribution in [3.05, 3.63) is 77.4 Å². The molecule has 1 saturated heterocycles. The molecule has 1 aliphatic heterocycles. The normalized spacial score (nSPS) is 15.2. The monoisotopic (exact) mass is 391 g/mol. The molecule has 0 atom stereocenters. The number of hydroxylamine groups is 1. The highest BCUT2D eigenvalue weighted by Crippen LogP contribution is 2.19. The van der Waals surface area contributed by atoms with Crippen LogP contribution < -0.4 is 10.4 Å². The Kier molecular flexibility index (Phi) is 6.94. The molecule has 150 valence electrons. The highest BCUT2D eigenvalue weighted by atomic mass is 16.5. The molecule has 0 aromatic heterocycles. The summed E-state index contributed by atoms with van der Waals surface area (Å²) in [5.74, 6) is -0.622. The Morgan fingerprint density at radius 1 is 0.931 bits per heavy atom. The van der Waals surface area contributed by atoms with Gasteiger partial charge >= 0.3 is 0 Å². The molecule has 29 heavy (non-hydrogen) atoms. The van der Waals surface area contributed by atoms with Gasteiger partial charge in [-0.3, -0.25) is 14.8 Å². The van der Waals surface area contributed by atoms with E-state index < -0.39 is 5.91 Å². The third-order valence-electron chi connectivity index (χ3n) is 4.90. The number of allylic oxidation sites excluding steroid dienone is 1. The fraction of sp³-hybridized carbons (Fsp3) is 0.217. The highest BCUT2D eigenvalue weighted by Gasteiger charge is 2.15. The average Bonchev–Trinajstić information content (AvgIpc) is 2.77. The van der Waals surface area contributed by atoms with Crippen molar-refractivity contribution in [2.45, 2.75) is 0 Å². The first-order chi connectivity index (χ1) is 14.0. The predicted molar refractivity (Wildman–Crippen MR) is 115 cm³/mol. The summed E-state index contributed by atoms with van der Waals surface area (Å²) in [6.07, 6.45) is 6.18. The minimum absolute atomic E-state index is 0.0374. The lowest BCUT2D eigenvalue weighted by Gasteiger charge is -2.34. The first-order valence-corrected chi connectivity index (χ1v) is 9.53. The topological polar surface area (TPSA) is 72.9 Å². The van der Waals surface area contributed by atoms with Gasteiger partial charge in [0.05, 0.1) is 0 Å². The van der Waals surface area contributed by atoms with Crippen LogP contribution in [-0.4, -0.2) is 55.0 Å². The number of likely N-dealkylation sites (N-methyl/N-ethyl adjacent to an activating group) is 1. The number of rotatable bonds is 6. The van der Waals surface area contributed by atoms with Crippen LogP contribution in [0.3, 0.4) is 0 Å². The molecule has 0 radical (unpaired) electrons. The number of hydrogen-bond acceptors (Lipinski definition) is 5. The van der Waals surface area contributed by atoms with Crippen molar-refractivity contribution in [2.75, 3.05) is 38.1 Å². The number of carbonyl (C=O) groups is 2. The number of hydrogen-bond donors (Lipinski definition) is 2. The molecule has 6 heteroatoms. The summed E-state index contributed by atoms with van der Waals surface area (Å²) in [6.45, 7) is 3.97. The maximum atomic E-state index is 12.6. The molecule has 0 spiro atoms. The number of piperazine rings is 1. The Morgan fingerprint density at radius 2 is 1.55 bits per heavy atom. The van der Waals surface area contributed by atoms with Crippen LogP contribution >= 0.6 is 0 Å². The Labute approximate surface area is 170 Å². The Bertz CT molecular complexity index is 911. The van der Waals surface area contributed by atoms with Crippen molar-refractivity contribution in [3.63, 3.8) is 0 Å². The molecule has 1 heterocycles. The van der Waals surface area contributed by atoms with Gasteiger partial charge in [-0.25, -0.2) is 5.48 Å². The first-order valence-electron chi connectivity index (χ1n) is 9.53. The van der Waals surface area contributed by atoms with Crippen molar-refractivity contribution >= 4 is 29.5 Å². The van der Waals surface area contributed by atoms with Crippen LogP contribution in [0, 0.1) is 0 Å². The third-order valence-corrected chi connectivity index (χ3v) is 4.90. The summed E-state index contributed by atoms with van der Waals surface area (Å²) in [6, 6.07) is 15.2. The maximum Gasteiger partial charge on any atom is 0.267 e. The predicted octanol–water partition coefficient (Wildman–Crippen LogP) is 2.85. The van der Waals surface area contributed by atoms with E-state index in [0.29, 0.717) is 5.56 Å². The van der Waals surface area contributed by atoms with E-state index in [-0.39, 0.29) is 5.78 Å². The molecule has 2 aromatic carbocycles. The molecule has 3 rings (SSSR count). The van der Waals surface area contributed by atoms with Gasteiger partial charge in [0.2, 0.25) is 0 Å². The molecule has 1 aliphatic rings. The Hall–Kier alpha value is -3.22. The number of benzene rings is 2. The lowest BCUT2D eigenvalue weighted by Crippen LogP contribution is -2.44. The first kappa shape index (κ1) is 20.5. The zero-order valence-electron chi connectivity index (χ0n) is 16.4. The van der Waals surface area contributed by atoms with Gasteiger partial charge < -0.3 is 9.80 Å². The molecule has 0 unspecified atom stereocenters. The molecule has 0 aliphatic carbocycles. The molecule has 6 nitrogen and oxygen atoms in total. The molecule has 1 fully saturated rings. The zero-order chi connectivity index (χ0) is 20.6. The number of nitrogens with one attached hydrogen (secondary N) is 1. The second-order valence-electron chi connectivity index (χ2n) is 7.01. The van der Waals surface area contributed by atoms with Gasteiger partial charge in [-0.15, -0.1) is 0 Å². The second-order valence-corrected chi connectivity index (χ2v) is 7.01. The van der Waals surface area contributed by atoms with E-state index in [4.69, 9.17) is 5.21 Å². The minimum atomic E-state index is -0.585. The SMILES string of the molecule is CN1CCN(c2cccc(C(=O)/C=C/c3ccc(/C=C/C(=O)NO)cc3)c2)CC1. The summed E-state index contributed by atoms with van der Waals surface area (Å²) < 4.78 is 0. The number of carbonyl (C=O) groups excluding carboxylic acids is 2. The molecule has 2 aromatic rings. The fourth-order valence-electron chi connectivity index (χ4n) is 3.12. The van der Waals surface area contributed by atoms with Crippen LogP contribution in [0.15, 0.2) is 60.7 Å². The minimum Gasteiger partial charge on any atom is -0.369 e. The van der Waals surface area contributed by atoms with Gasteiger partial charge in [-0.05, 0) is 42.5 Å². The van der Waals surface area contributed by atoms with Crippen molar-refractivity contribution < 1.29 is 14.8 Å². The summed E-state index contributed by atoms with van der Waals surface area (Å²) in [7, 11) is 2.12. The van der Waals surface area contributed by atoms with Gasteiger partial charge in [0.15, 0.2) is 5.78 Å². The smallest absolute Gasteiger partial charge is 0.267 e. The Balaban J connectivity index is 1.64. The van der Waals surface area contributed by atoms with Gasteiger partial charge in [0.25, 0.3) is 5.91 Å².